The van der Waals surface area contributed by atoms with Gasteiger partial charge in [0, 0.05) is 19.6 Å². The quantitative estimate of drug-likeness (QED) is 0.875. The van der Waals surface area contributed by atoms with Crippen LogP contribution in [0.4, 0.5) is 0 Å². The average Bonchev–Trinajstić information content (AvgIpc) is 2.64. The number of aryl methyl sites for hydroxylation is 1. The van der Waals surface area contributed by atoms with E-state index in [1.54, 1.807) is 12.1 Å². The van der Waals surface area contributed by atoms with Crippen molar-refractivity contribution < 1.29 is 19.4 Å². The van der Waals surface area contributed by atoms with Crippen molar-refractivity contribution >= 4 is 5.97 Å². The molecule has 0 atom stereocenters. The molecule has 1 aliphatic rings. The molecule has 2 aromatic rings. The Bertz CT molecular complexity index is 738. The number of rotatable bonds is 6. The molecule has 0 bridgehead atoms. The molecule has 3 rings (SSSR count). The molecule has 5 heteroatoms. The van der Waals surface area contributed by atoms with Gasteiger partial charge in [-0.1, -0.05) is 24.3 Å². The van der Waals surface area contributed by atoms with E-state index in [2.05, 4.69) is 4.90 Å². The van der Waals surface area contributed by atoms with Gasteiger partial charge in [-0.2, -0.15) is 0 Å². The molecule has 2 aromatic carbocycles. The third-order valence-electron chi connectivity index (χ3n) is 4.41. The molecule has 1 saturated heterocycles. The number of hydrogen-bond donors (Lipinski definition) is 1. The van der Waals surface area contributed by atoms with E-state index in [1.165, 1.54) is 0 Å². The van der Waals surface area contributed by atoms with Crippen LogP contribution in [0.2, 0.25) is 0 Å². The Morgan fingerprint density at radius 3 is 2.68 bits per heavy atom. The molecular weight excluding hydrogens is 318 g/mol. The maximum absolute atomic E-state index is 11.4. The van der Waals surface area contributed by atoms with Crippen LogP contribution in [0.5, 0.6) is 5.75 Å². The SMILES string of the molecule is Cc1cc(-c2ccccc2C(=O)O)ccc1OCCN1CCOCC1. The van der Waals surface area contributed by atoms with Gasteiger partial charge in [-0.05, 0) is 41.8 Å². The molecule has 0 saturated carbocycles. The number of carboxylic acid groups (broad SMARTS) is 1. The van der Waals surface area contributed by atoms with E-state index in [-0.39, 0.29) is 0 Å². The number of hydrogen-bond acceptors (Lipinski definition) is 4. The second-order valence-corrected chi connectivity index (χ2v) is 6.13. The summed E-state index contributed by atoms with van der Waals surface area (Å²) in [7, 11) is 0. The first kappa shape index (κ1) is 17.5. The minimum absolute atomic E-state index is 0.308. The molecule has 1 heterocycles. The highest BCUT2D eigenvalue weighted by Gasteiger charge is 2.13. The zero-order chi connectivity index (χ0) is 17.6. The summed E-state index contributed by atoms with van der Waals surface area (Å²) in [5.74, 6) is -0.0797. The van der Waals surface area contributed by atoms with Crippen LogP contribution in [0.1, 0.15) is 15.9 Å². The molecule has 5 nitrogen and oxygen atoms in total. The lowest BCUT2D eigenvalue weighted by molar-refractivity contribution is 0.0322. The van der Waals surface area contributed by atoms with Gasteiger partial charge < -0.3 is 14.6 Å². The second-order valence-electron chi connectivity index (χ2n) is 6.13. The molecule has 0 amide bonds. The predicted molar refractivity (Wildman–Crippen MR) is 96.3 cm³/mol. The van der Waals surface area contributed by atoms with E-state index in [0.29, 0.717) is 12.2 Å². The molecule has 132 valence electrons. The minimum Gasteiger partial charge on any atom is -0.492 e. The number of nitrogens with zero attached hydrogens (tertiary/aromatic N) is 1. The van der Waals surface area contributed by atoms with Gasteiger partial charge in [0.2, 0.25) is 0 Å². The van der Waals surface area contributed by atoms with Gasteiger partial charge in [0.1, 0.15) is 12.4 Å². The Kier molecular flexibility index (Phi) is 5.68. The monoisotopic (exact) mass is 341 g/mol. The van der Waals surface area contributed by atoms with Crippen LogP contribution >= 0.6 is 0 Å². The fourth-order valence-corrected chi connectivity index (χ4v) is 3.01. The number of carboxylic acids is 1. The fraction of sp³-hybridized carbons (Fsp3) is 0.350. The van der Waals surface area contributed by atoms with Crippen LogP contribution in [-0.2, 0) is 4.74 Å². The van der Waals surface area contributed by atoms with Crippen molar-refractivity contribution in [3.05, 3.63) is 53.6 Å². The third kappa shape index (κ3) is 4.38. The first-order valence-electron chi connectivity index (χ1n) is 8.51. The van der Waals surface area contributed by atoms with Crippen molar-refractivity contribution in [3.8, 4) is 16.9 Å². The minimum atomic E-state index is -0.918. The molecule has 1 aliphatic heterocycles. The Morgan fingerprint density at radius 1 is 1.20 bits per heavy atom. The molecular formula is C20H23NO4. The maximum Gasteiger partial charge on any atom is 0.336 e. The first-order chi connectivity index (χ1) is 12.1. The third-order valence-corrected chi connectivity index (χ3v) is 4.41. The highest BCUT2D eigenvalue weighted by atomic mass is 16.5. The van der Waals surface area contributed by atoms with E-state index in [9.17, 15) is 9.90 Å². The normalized spacial score (nSPS) is 15.1. The molecule has 0 radical (unpaired) electrons. The number of benzene rings is 2. The largest absolute Gasteiger partial charge is 0.492 e. The van der Waals surface area contributed by atoms with E-state index < -0.39 is 5.97 Å². The van der Waals surface area contributed by atoms with Crippen molar-refractivity contribution in [2.24, 2.45) is 0 Å². The van der Waals surface area contributed by atoms with Gasteiger partial charge >= 0.3 is 5.97 Å². The first-order valence-corrected chi connectivity index (χ1v) is 8.51. The van der Waals surface area contributed by atoms with Crippen molar-refractivity contribution in [3.63, 3.8) is 0 Å². The highest BCUT2D eigenvalue weighted by molar-refractivity contribution is 5.96. The van der Waals surface area contributed by atoms with Gasteiger partial charge in [0.15, 0.2) is 0 Å². The second kappa shape index (κ2) is 8.14. The van der Waals surface area contributed by atoms with Crippen LogP contribution in [0.15, 0.2) is 42.5 Å². The summed E-state index contributed by atoms with van der Waals surface area (Å²) in [6.07, 6.45) is 0. The van der Waals surface area contributed by atoms with Crippen molar-refractivity contribution in [2.45, 2.75) is 6.92 Å². The van der Waals surface area contributed by atoms with E-state index in [0.717, 1.165) is 55.3 Å². The summed E-state index contributed by atoms with van der Waals surface area (Å²) >= 11 is 0. The van der Waals surface area contributed by atoms with Crippen LogP contribution < -0.4 is 4.74 Å². The Balaban J connectivity index is 1.68. The van der Waals surface area contributed by atoms with Crippen LogP contribution in [0.3, 0.4) is 0 Å². The van der Waals surface area contributed by atoms with E-state index in [1.807, 2.05) is 37.3 Å². The number of aromatic carboxylic acids is 1. The van der Waals surface area contributed by atoms with Gasteiger partial charge in [-0.3, -0.25) is 4.90 Å². The maximum atomic E-state index is 11.4. The summed E-state index contributed by atoms with van der Waals surface area (Å²) in [5, 5.41) is 9.35. The summed E-state index contributed by atoms with van der Waals surface area (Å²) in [6.45, 7) is 6.98. The molecule has 0 unspecified atom stereocenters. The topological polar surface area (TPSA) is 59.0 Å². The summed E-state index contributed by atoms with van der Waals surface area (Å²) < 4.78 is 11.3. The molecule has 1 N–H and O–H groups in total. The smallest absolute Gasteiger partial charge is 0.336 e. The highest BCUT2D eigenvalue weighted by Crippen LogP contribution is 2.28. The lowest BCUT2D eigenvalue weighted by Gasteiger charge is -2.26. The van der Waals surface area contributed by atoms with Crippen LogP contribution in [0.25, 0.3) is 11.1 Å². The molecule has 1 fully saturated rings. The summed E-state index contributed by atoms with van der Waals surface area (Å²) in [4.78, 5) is 13.7. The zero-order valence-corrected chi connectivity index (χ0v) is 14.4. The number of morpholine rings is 1. The van der Waals surface area contributed by atoms with Crippen molar-refractivity contribution in [1.29, 1.82) is 0 Å². The molecule has 0 aromatic heterocycles. The average molecular weight is 341 g/mol. The summed E-state index contributed by atoms with van der Waals surface area (Å²) in [5.41, 5.74) is 2.91. The van der Waals surface area contributed by atoms with Crippen LogP contribution in [-0.4, -0.2) is 55.4 Å². The standard InChI is InChI=1S/C20H23NO4/c1-15-14-16(17-4-2-3-5-18(17)20(22)23)6-7-19(15)25-13-10-21-8-11-24-12-9-21/h2-7,14H,8-13H2,1H3,(H,22,23). The summed E-state index contributed by atoms with van der Waals surface area (Å²) in [6, 6.07) is 12.9. The molecule has 25 heavy (non-hydrogen) atoms. The molecule has 0 spiro atoms. The van der Waals surface area contributed by atoms with E-state index >= 15 is 0 Å². The van der Waals surface area contributed by atoms with E-state index in [4.69, 9.17) is 9.47 Å². The van der Waals surface area contributed by atoms with Gasteiger partial charge in [-0.15, -0.1) is 0 Å². The van der Waals surface area contributed by atoms with Gasteiger partial charge in [0.25, 0.3) is 0 Å². The zero-order valence-electron chi connectivity index (χ0n) is 14.4. The van der Waals surface area contributed by atoms with Crippen molar-refractivity contribution in [1.82, 2.24) is 4.90 Å². The predicted octanol–water partition coefficient (Wildman–Crippen LogP) is 3.07. The molecule has 0 aliphatic carbocycles. The van der Waals surface area contributed by atoms with Crippen LogP contribution in [0, 0.1) is 6.92 Å². The number of ether oxygens (including phenoxy) is 2. The van der Waals surface area contributed by atoms with Gasteiger partial charge in [-0.25, -0.2) is 4.79 Å². The van der Waals surface area contributed by atoms with Crippen molar-refractivity contribution in [2.75, 3.05) is 39.5 Å². The Labute approximate surface area is 147 Å². The lowest BCUT2D eigenvalue weighted by atomic mass is 9.98. The fourth-order valence-electron chi connectivity index (χ4n) is 3.01. The number of carbonyl (C=O) groups is 1. The lowest BCUT2D eigenvalue weighted by Crippen LogP contribution is -2.38. The van der Waals surface area contributed by atoms with Gasteiger partial charge in [0.05, 0.1) is 18.8 Å². The Hall–Kier alpha value is -2.37. The Morgan fingerprint density at radius 2 is 1.96 bits per heavy atom.